The fourth-order valence-corrected chi connectivity index (χ4v) is 3.19. The quantitative estimate of drug-likeness (QED) is 0.695. The lowest BCUT2D eigenvalue weighted by Crippen LogP contribution is -2.33. The van der Waals surface area contributed by atoms with Crippen LogP contribution in [0.1, 0.15) is 17.3 Å². The van der Waals surface area contributed by atoms with Gasteiger partial charge in [-0.15, -0.1) is 0 Å². The van der Waals surface area contributed by atoms with E-state index >= 15 is 0 Å². The largest absolute Gasteiger partial charge is 0.494 e. The van der Waals surface area contributed by atoms with E-state index in [9.17, 15) is 14.0 Å². The van der Waals surface area contributed by atoms with Crippen molar-refractivity contribution in [1.82, 2.24) is 10.3 Å². The summed E-state index contributed by atoms with van der Waals surface area (Å²) in [5.74, 6) is -0.997. The molecule has 0 atom stereocenters. The van der Waals surface area contributed by atoms with Crippen LogP contribution in [0.5, 0.6) is 5.75 Å². The van der Waals surface area contributed by atoms with Gasteiger partial charge in [-0.25, -0.2) is 9.37 Å². The molecule has 3 aromatic rings. The molecule has 0 fully saturated rings. The van der Waals surface area contributed by atoms with Crippen LogP contribution in [-0.2, 0) is 4.79 Å². The number of carbonyl (C=O) groups excluding carboxylic acids is 2. The van der Waals surface area contributed by atoms with E-state index in [-0.39, 0.29) is 12.1 Å². The highest BCUT2D eigenvalue weighted by Crippen LogP contribution is 2.29. The summed E-state index contributed by atoms with van der Waals surface area (Å²) in [5.41, 5.74) is 0.632. The van der Waals surface area contributed by atoms with Crippen LogP contribution < -0.4 is 15.4 Å². The number of amides is 2. The Labute approximate surface area is 153 Å². The Bertz CT molecular complexity index is 958. The van der Waals surface area contributed by atoms with E-state index in [0.29, 0.717) is 11.7 Å². The van der Waals surface area contributed by atoms with Gasteiger partial charge in [0.15, 0.2) is 5.13 Å². The van der Waals surface area contributed by atoms with Crippen molar-refractivity contribution in [3.8, 4) is 5.75 Å². The third kappa shape index (κ3) is 4.15. The van der Waals surface area contributed by atoms with Crippen molar-refractivity contribution >= 4 is 38.5 Å². The van der Waals surface area contributed by atoms with Gasteiger partial charge in [-0.1, -0.05) is 23.5 Å². The van der Waals surface area contributed by atoms with Gasteiger partial charge in [0.05, 0.1) is 28.9 Å². The zero-order chi connectivity index (χ0) is 18.5. The average molecular weight is 373 g/mol. The van der Waals surface area contributed by atoms with Crippen molar-refractivity contribution in [3.05, 3.63) is 53.8 Å². The number of fused-ring (bicyclic) bond motifs is 1. The number of hydrogen-bond donors (Lipinski definition) is 2. The van der Waals surface area contributed by atoms with E-state index in [1.165, 1.54) is 29.5 Å². The minimum absolute atomic E-state index is 0.108. The number of halogens is 1. The second-order valence-electron chi connectivity index (χ2n) is 5.29. The van der Waals surface area contributed by atoms with E-state index in [0.717, 1.165) is 16.0 Å². The second-order valence-corrected chi connectivity index (χ2v) is 6.32. The number of rotatable bonds is 6. The predicted molar refractivity (Wildman–Crippen MR) is 98.2 cm³/mol. The molecule has 0 bridgehead atoms. The van der Waals surface area contributed by atoms with Gasteiger partial charge < -0.3 is 15.4 Å². The normalized spacial score (nSPS) is 10.5. The van der Waals surface area contributed by atoms with Gasteiger partial charge in [-0.05, 0) is 37.3 Å². The summed E-state index contributed by atoms with van der Waals surface area (Å²) in [5, 5.41) is 5.42. The number of aromatic nitrogens is 1. The number of thiazole rings is 1. The number of anilines is 1. The van der Waals surface area contributed by atoms with Crippen LogP contribution in [0, 0.1) is 5.82 Å². The summed E-state index contributed by atoms with van der Waals surface area (Å²) < 4.78 is 19.8. The highest BCUT2D eigenvalue weighted by molar-refractivity contribution is 7.22. The van der Waals surface area contributed by atoms with Gasteiger partial charge in [0, 0.05) is 0 Å². The molecule has 0 saturated heterocycles. The Morgan fingerprint density at radius 3 is 2.81 bits per heavy atom. The Kier molecular flexibility index (Phi) is 5.43. The Balaban J connectivity index is 1.60. The van der Waals surface area contributed by atoms with Crippen molar-refractivity contribution in [1.29, 1.82) is 0 Å². The van der Waals surface area contributed by atoms with E-state index in [2.05, 4.69) is 15.6 Å². The fraction of sp³-hybridized carbons (Fsp3) is 0.167. The molecule has 1 aromatic heterocycles. The van der Waals surface area contributed by atoms with Gasteiger partial charge in [0.1, 0.15) is 11.6 Å². The SMILES string of the molecule is CCOc1ccc2nc(NC(=O)CNC(=O)c3ccccc3F)sc2c1. The van der Waals surface area contributed by atoms with E-state index in [4.69, 9.17) is 4.74 Å². The number of ether oxygens (including phenoxy) is 1. The third-order valence-electron chi connectivity index (χ3n) is 3.45. The van der Waals surface area contributed by atoms with Crippen molar-refractivity contribution in [2.24, 2.45) is 0 Å². The Morgan fingerprint density at radius 2 is 2.04 bits per heavy atom. The molecule has 26 heavy (non-hydrogen) atoms. The lowest BCUT2D eigenvalue weighted by Gasteiger charge is -2.05. The zero-order valence-electron chi connectivity index (χ0n) is 13.9. The topological polar surface area (TPSA) is 80.3 Å². The van der Waals surface area contributed by atoms with Crippen LogP contribution in [0.2, 0.25) is 0 Å². The van der Waals surface area contributed by atoms with E-state index < -0.39 is 17.6 Å². The molecule has 134 valence electrons. The van der Waals surface area contributed by atoms with E-state index in [1.807, 2.05) is 25.1 Å². The molecule has 0 radical (unpaired) electrons. The highest BCUT2D eigenvalue weighted by atomic mass is 32.1. The second kappa shape index (κ2) is 7.92. The van der Waals surface area contributed by atoms with Crippen LogP contribution in [0.4, 0.5) is 9.52 Å². The molecule has 0 aliphatic heterocycles. The van der Waals surface area contributed by atoms with Crippen LogP contribution >= 0.6 is 11.3 Å². The van der Waals surface area contributed by atoms with Crippen LogP contribution in [0.25, 0.3) is 10.2 Å². The Morgan fingerprint density at radius 1 is 1.23 bits per heavy atom. The number of hydrogen-bond acceptors (Lipinski definition) is 5. The van der Waals surface area contributed by atoms with Gasteiger partial charge in [0.2, 0.25) is 5.91 Å². The van der Waals surface area contributed by atoms with Gasteiger partial charge >= 0.3 is 0 Å². The standard InChI is InChI=1S/C18H16FN3O3S/c1-2-25-11-7-8-14-15(9-11)26-18(21-14)22-16(23)10-20-17(24)12-5-3-4-6-13(12)19/h3-9H,2,10H2,1H3,(H,20,24)(H,21,22,23). The average Bonchev–Trinajstić information content (AvgIpc) is 3.02. The number of benzene rings is 2. The number of nitrogens with zero attached hydrogens (tertiary/aromatic N) is 1. The molecule has 0 unspecified atom stereocenters. The molecule has 3 rings (SSSR count). The molecule has 0 aliphatic rings. The molecule has 0 spiro atoms. The zero-order valence-corrected chi connectivity index (χ0v) is 14.7. The summed E-state index contributed by atoms with van der Waals surface area (Å²) in [7, 11) is 0. The molecular formula is C18H16FN3O3S. The van der Waals surface area contributed by atoms with Gasteiger partial charge in [-0.2, -0.15) is 0 Å². The van der Waals surface area contributed by atoms with Crippen molar-refractivity contribution < 1.29 is 18.7 Å². The predicted octanol–water partition coefficient (Wildman–Crippen LogP) is 3.20. The maximum Gasteiger partial charge on any atom is 0.254 e. The molecule has 6 nitrogen and oxygen atoms in total. The number of carbonyl (C=O) groups is 2. The molecule has 2 amide bonds. The smallest absolute Gasteiger partial charge is 0.254 e. The van der Waals surface area contributed by atoms with E-state index in [1.54, 1.807) is 6.07 Å². The molecular weight excluding hydrogens is 357 g/mol. The lowest BCUT2D eigenvalue weighted by atomic mass is 10.2. The maximum absolute atomic E-state index is 13.5. The molecule has 2 N–H and O–H groups in total. The van der Waals surface area contributed by atoms with Crippen molar-refractivity contribution in [2.45, 2.75) is 6.92 Å². The van der Waals surface area contributed by atoms with Crippen LogP contribution in [0.15, 0.2) is 42.5 Å². The fourth-order valence-electron chi connectivity index (χ4n) is 2.28. The molecule has 1 heterocycles. The van der Waals surface area contributed by atoms with Gasteiger partial charge in [-0.3, -0.25) is 9.59 Å². The lowest BCUT2D eigenvalue weighted by molar-refractivity contribution is -0.115. The molecule has 8 heteroatoms. The maximum atomic E-state index is 13.5. The molecule has 0 aliphatic carbocycles. The van der Waals surface area contributed by atoms with Crippen LogP contribution in [-0.4, -0.2) is 29.9 Å². The van der Waals surface area contributed by atoms with Crippen molar-refractivity contribution in [3.63, 3.8) is 0 Å². The summed E-state index contributed by atoms with van der Waals surface area (Å²) in [6.07, 6.45) is 0. The Hall–Kier alpha value is -3.00. The van der Waals surface area contributed by atoms with Crippen LogP contribution in [0.3, 0.4) is 0 Å². The van der Waals surface area contributed by atoms with Crippen molar-refractivity contribution in [2.75, 3.05) is 18.5 Å². The summed E-state index contributed by atoms with van der Waals surface area (Å²) >= 11 is 1.30. The minimum atomic E-state index is -0.649. The first-order valence-electron chi connectivity index (χ1n) is 7.93. The molecule has 0 saturated carbocycles. The summed E-state index contributed by atoms with van der Waals surface area (Å²) in [4.78, 5) is 28.2. The minimum Gasteiger partial charge on any atom is -0.494 e. The summed E-state index contributed by atoms with van der Waals surface area (Å²) in [6, 6.07) is 11.1. The monoisotopic (exact) mass is 373 g/mol. The number of nitrogens with one attached hydrogen (secondary N) is 2. The third-order valence-corrected chi connectivity index (χ3v) is 4.38. The highest BCUT2D eigenvalue weighted by Gasteiger charge is 2.13. The first-order chi connectivity index (χ1) is 12.6. The summed E-state index contributed by atoms with van der Waals surface area (Å²) in [6.45, 7) is 2.18. The first-order valence-corrected chi connectivity index (χ1v) is 8.74. The molecule has 2 aromatic carbocycles. The van der Waals surface area contributed by atoms with Gasteiger partial charge in [0.25, 0.3) is 5.91 Å². The first kappa shape index (κ1) is 17.8.